The molecular formula is C17H11F4N5O2. The van der Waals surface area contributed by atoms with Crippen molar-refractivity contribution in [3.63, 3.8) is 0 Å². The fraction of sp³-hybridized carbons (Fsp3) is 0.118. The average Bonchev–Trinajstić information content (AvgIpc) is 3.31. The lowest BCUT2D eigenvalue weighted by Crippen LogP contribution is -2.07. The minimum Gasteiger partial charge on any atom is -0.507 e. The van der Waals surface area contributed by atoms with E-state index in [9.17, 15) is 22.7 Å². The molecule has 4 rings (SSSR count). The summed E-state index contributed by atoms with van der Waals surface area (Å²) < 4.78 is 58.9. The van der Waals surface area contributed by atoms with Gasteiger partial charge in [0.15, 0.2) is 5.76 Å². The number of benzene rings is 2. The number of furan rings is 1. The number of hydrogen-bond acceptors (Lipinski definition) is 6. The molecule has 0 aliphatic heterocycles. The maximum absolute atomic E-state index is 14.8. The Kier molecular flexibility index (Phi) is 4.13. The van der Waals surface area contributed by atoms with E-state index in [2.05, 4.69) is 25.9 Å². The molecule has 2 aromatic heterocycles. The number of aromatic amines is 1. The molecule has 28 heavy (non-hydrogen) atoms. The zero-order chi connectivity index (χ0) is 19.9. The van der Waals surface area contributed by atoms with Gasteiger partial charge in [-0.15, -0.1) is 5.10 Å². The van der Waals surface area contributed by atoms with Crippen molar-refractivity contribution in [2.45, 2.75) is 12.7 Å². The third-order valence-electron chi connectivity index (χ3n) is 4.08. The standard InChI is InChI=1S/C17H11F4N5O2/c18-15-8(7-22-9-2-3-12(27)11(5-9)17(19,20)21)1-4-13-10(15)6-14(28-13)16-23-25-26-24-16/h1-6,22,27H,7H2,(H,23,24,25,26). The number of hydrogen-bond donors (Lipinski definition) is 3. The van der Waals surface area contributed by atoms with Gasteiger partial charge in [-0.3, -0.25) is 0 Å². The summed E-state index contributed by atoms with van der Waals surface area (Å²) in [6, 6.07) is 7.39. The Morgan fingerprint density at radius 1 is 1.14 bits per heavy atom. The van der Waals surface area contributed by atoms with Crippen LogP contribution in [0.15, 0.2) is 40.8 Å². The minimum atomic E-state index is -4.70. The molecule has 0 amide bonds. The lowest BCUT2D eigenvalue weighted by Gasteiger charge is -2.12. The Balaban J connectivity index is 1.60. The molecule has 0 spiro atoms. The van der Waals surface area contributed by atoms with Crippen LogP contribution in [0.4, 0.5) is 23.2 Å². The van der Waals surface area contributed by atoms with Crippen molar-refractivity contribution < 1.29 is 27.1 Å². The highest BCUT2D eigenvalue weighted by Crippen LogP contribution is 2.37. The van der Waals surface area contributed by atoms with E-state index in [1.54, 1.807) is 6.07 Å². The van der Waals surface area contributed by atoms with Crippen LogP contribution in [0.2, 0.25) is 0 Å². The third kappa shape index (κ3) is 3.21. The van der Waals surface area contributed by atoms with Crippen LogP contribution in [0.1, 0.15) is 11.1 Å². The summed E-state index contributed by atoms with van der Waals surface area (Å²) in [6.07, 6.45) is -4.70. The molecule has 0 bridgehead atoms. The summed E-state index contributed by atoms with van der Waals surface area (Å²) in [5, 5.41) is 25.3. The first-order valence-electron chi connectivity index (χ1n) is 7.92. The molecule has 0 unspecified atom stereocenters. The average molecular weight is 393 g/mol. The van der Waals surface area contributed by atoms with Crippen LogP contribution in [-0.4, -0.2) is 25.7 Å². The van der Waals surface area contributed by atoms with Gasteiger partial charge in [0.1, 0.15) is 17.1 Å². The highest BCUT2D eigenvalue weighted by Gasteiger charge is 2.34. The zero-order valence-corrected chi connectivity index (χ0v) is 13.9. The minimum absolute atomic E-state index is 0.0752. The molecule has 0 fully saturated rings. The van der Waals surface area contributed by atoms with Gasteiger partial charge in [0.05, 0.1) is 10.9 Å². The first kappa shape index (κ1) is 17.8. The molecule has 2 aromatic carbocycles. The number of alkyl halides is 3. The monoisotopic (exact) mass is 393 g/mol. The number of phenols is 1. The molecule has 4 aromatic rings. The van der Waals surface area contributed by atoms with E-state index in [0.717, 1.165) is 12.1 Å². The molecule has 2 heterocycles. The highest BCUT2D eigenvalue weighted by atomic mass is 19.4. The van der Waals surface area contributed by atoms with Crippen molar-refractivity contribution in [1.82, 2.24) is 20.6 Å². The van der Waals surface area contributed by atoms with Gasteiger partial charge >= 0.3 is 6.18 Å². The number of tetrazole rings is 1. The van der Waals surface area contributed by atoms with Crippen molar-refractivity contribution in [3.8, 4) is 17.3 Å². The van der Waals surface area contributed by atoms with E-state index in [4.69, 9.17) is 4.42 Å². The van der Waals surface area contributed by atoms with Crippen LogP contribution >= 0.6 is 0 Å². The first-order valence-corrected chi connectivity index (χ1v) is 7.92. The SMILES string of the molecule is Oc1ccc(NCc2ccc3oc(-c4nnn[nH]4)cc3c2F)cc1C(F)(F)F. The maximum atomic E-state index is 14.8. The lowest BCUT2D eigenvalue weighted by atomic mass is 10.1. The molecule has 0 atom stereocenters. The summed E-state index contributed by atoms with van der Waals surface area (Å²) >= 11 is 0. The Bertz CT molecular complexity index is 1140. The number of halogens is 4. The van der Waals surface area contributed by atoms with Crippen molar-refractivity contribution >= 4 is 16.7 Å². The predicted molar refractivity (Wildman–Crippen MR) is 89.8 cm³/mol. The molecule has 144 valence electrons. The molecule has 7 nitrogen and oxygen atoms in total. The van der Waals surface area contributed by atoms with E-state index < -0.39 is 23.3 Å². The molecule has 0 saturated carbocycles. The van der Waals surface area contributed by atoms with Gasteiger partial charge < -0.3 is 14.8 Å². The van der Waals surface area contributed by atoms with Crippen molar-refractivity contribution in [2.75, 3.05) is 5.32 Å². The van der Waals surface area contributed by atoms with E-state index >= 15 is 0 Å². The van der Waals surface area contributed by atoms with Gasteiger partial charge in [-0.05, 0) is 40.8 Å². The number of fused-ring (bicyclic) bond motifs is 1. The predicted octanol–water partition coefficient (Wildman–Crippen LogP) is 4.09. The number of nitrogens with zero attached hydrogens (tertiary/aromatic N) is 3. The molecule has 0 saturated heterocycles. The van der Waals surface area contributed by atoms with Crippen molar-refractivity contribution in [2.24, 2.45) is 0 Å². The third-order valence-corrected chi connectivity index (χ3v) is 4.08. The van der Waals surface area contributed by atoms with E-state index in [1.807, 2.05) is 0 Å². The fourth-order valence-electron chi connectivity index (χ4n) is 2.71. The van der Waals surface area contributed by atoms with Crippen LogP contribution in [0, 0.1) is 5.82 Å². The van der Waals surface area contributed by atoms with Crippen LogP contribution in [0.3, 0.4) is 0 Å². The largest absolute Gasteiger partial charge is 0.507 e. The summed E-state index contributed by atoms with van der Waals surface area (Å²) in [4.78, 5) is 0. The van der Waals surface area contributed by atoms with Crippen LogP contribution in [0.25, 0.3) is 22.6 Å². The van der Waals surface area contributed by atoms with Gasteiger partial charge in [-0.25, -0.2) is 9.49 Å². The Hall–Kier alpha value is -3.63. The smallest absolute Gasteiger partial charge is 0.420 e. The van der Waals surface area contributed by atoms with Crippen molar-refractivity contribution in [3.05, 3.63) is 53.3 Å². The summed E-state index contributed by atoms with van der Waals surface area (Å²) in [5.74, 6) is -0.975. The summed E-state index contributed by atoms with van der Waals surface area (Å²) in [5.41, 5.74) is -0.590. The van der Waals surface area contributed by atoms with Crippen molar-refractivity contribution in [1.29, 1.82) is 0 Å². The highest BCUT2D eigenvalue weighted by molar-refractivity contribution is 5.83. The van der Waals surface area contributed by atoms with Gasteiger partial charge in [0, 0.05) is 17.8 Å². The lowest BCUT2D eigenvalue weighted by molar-refractivity contribution is -0.138. The Labute approximate surface area is 154 Å². The molecule has 3 N–H and O–H groups in total. The number of rotatable bonds is 4. The molecule has 11 heteroatoms. The molecule has 0 radical (unpaired) electrons. The van der Waals surface area contributed by atoms with Gasteiger partial charge in [-0.2, -0.15) is 13.2 Å². The number of anilines is 1. The topological polar surface area (TPSA) is 99.9 Å². The van der Waals surface area contributed by atoms with Gasteiger partial charge in [-0.1, -0.05) is 6.07 Å². The number of nitrogens with one attached hydrogen (secondary N) is 2. The maximum Gasteiger partial charge on any atom is 0.420 e. The van der Waals surface area contributed by atoms with Crippen LogP contribution in [-0.2, 0) is 12.7 Å². The van der Waals surface area contributed by atoms with E-state index in [1.165, 1.54) is 18.2 Å². The number of phenolic OH excluding ortho intramolecular Hbond substituents is 1. The Morgan fingerprint density at radius 2 is 1.96 bits per heavy atom. The fourth-order valence-corrected chi connectivity index (χ4v) is 2.71. The number of aromatic nitrogens is 4. The number of H-pyrrole nitrogens is 1. The molecule has 0 aliphatic carbocycles. The molecular weight excluding hydrogens is 382 g/mol. The van der Waals surface area contributed by atoms with Gasteiger partial charge in [0.2, 0.25) is 5.82 Å². The normalized spacial score (nSPS) is 11.9. The first-order chi connectivity index (χ1) is 13.3. The Morgan fingerprint density at radius 3 is 2.68 bits per heavy atom. The number of aromatic hydroxyl groups is 1. The molecule has 0 aliphatic rings. The van der Waals surface area contributed by atoms with Gasteiger partial charge in [0.25, 0.3) is 0 Å². The van der Waals surface area contributed by atoms with Crippen LogP contribution in [0.5, 0.6) is 5.75 Å². The zero-order valence-electron chi connectivity index (χ0n) is 13.9. The second-order valence-electron chi connectivity index (χ2n) is 5.89. The summed E-state index contributed by atoms with van der Waals surface area (Å²) in [7, 11) is 0. The van der Waals surface area contributed by atoms with E-state index in [-0.39, 0.29) is 40.3 Å². The second-order valence-corrected chi connectivity index (χ2v) is 5.89. The van der Waals surface area contributed by atoms with Crippen LogP contribution < -0.4 is 5.32 Å². The van der Waals surface area contributed by atoms with E-state index in [0.29, 0.717) is 0 Å². The second kappa shape index (κ2) is 6.51. The summed E-state index contributed by atoms with van der Waals surface area (Å²) in [6.45, 7) is -0.0752. The quantitative estimate of drug-likeness (QED) is 0.357.